The summed E-state index contributed by atoms with van der Waals surface area (Å²) in [5.41, 5.74) is 1.68. The summed E-state index contributed by atoms with van der Waals surface area (Å²) in [5, 5.41) is 7.81. The van der Waals surface area contributed by atoms with Gasteiger partial charge in [-0.15, -0.1) is 0 Å². The Hall–Kier alpha value is -2.38. The fourth-order valence-electron chi connectivity index (χ4n) is 2.11. The lowest BCUT2D eigenvalue weighted by Crippen LogP contribution is -2.35. The number of ether oxygens (including phenoxy) is 1. The van der Waals surface area contributed by atoms with Crippen molar-refractivity contribution in [3.63, 3.8) is 0 Å². The number of benzene rings is 2. The van der Waals surface area contributed by atoms with Gasteiger partial charge in [-0.3, -0.25) is 4.79 Å². The Morgan fingerprint density at radius 2 is 1.92 bits per heavy atom. The first-order valence-electron chi connectivity index (χ1n) is 7.38. The number of aryl methyl sites for hydroxylation is 1. The SMILES string of the molecule is Cc1cccc(O[C@@H](C)C(=O)NCc2cccc(S(N)(=O)=O)c2)c1. The van der Waals surface area contributed by atoms with E-state index >= 15 is 0 Å². The first-order chi connectivity index (χ1) is 11.3. The zero-order valence-corrected chi connectivity index (χ0v) is 14.3. The summed E-state index contributed by atoms with van der Waals surface area (Å²) in [7, 11) is -3.76. The first-order valence-corrected chi connectivity index (χ1v) is 8.93. The number of hydrogen-bond acceptors (Lipinski definition) is 4. The second-order valence-corrected chi connectivity index (χ2v) is 7.05. The minimum absolute atomic E-state index is 0.0123. The molecule has 0 saturated carbocycles. The lowest BCUT2D eigenvalue weighted by Gasteiger charge is -2.15. The molecule has 0 unspecified atom stereocenters. The number of nitrogens with one attached hydrogen (secondary N) is 1. The Morgan fingerprint density at radius 1 is 1.21 bits per heavy atom. The Labute approximate surface area is 141 Å². The molecule has 0 saturated heterocycles. The predicted octanol–water partition coefficient (Wildman–Crippen LogP) is 1.73. The average Bonchev–Trinajstić information content (AvgIpc) is 2.52. The molecule has 0 fully saturated rings. The molecule has 2 aromatic rings. The number of amides is 1. The molecule has 0 heterocycles. The summed E-state index contributed by atoms with van der Waals surface area (Å²) in [6.45, 7) is 3.78. The van der Waals surface area contributed by atoms with Crippen molar-refractivity contribution in [2.24, 2.45) is 5.14 Å². The molecule has 0 aliphatic rings. The molecular formula is C17H20N2O4S. The number of sulfonamides is 1. The highest BCUT2D eigenvalue weighted by Crippen LogP contribution is 2.14. The Morgan fingerprint density at radius 3 is 2.58 bits per heavy atom. The molecule has 0 bridgehead atoms. The van der Waals surface area contributed by atoms with Crippen LogP contribution in [-0.4, -0.2) is 20.4 Å². The van der Waals surface area contributed by atoms with E-state index in [4.69, 9.17) is 9.88 Å². The predicted molar refractivity (Wildman–Crippen MR) is 90.9 cm³/mol. The van der Waals surface area contributed by atoms with E-state index in [-0.39, 0.29) is 17.3 Å². The Kier molecular flexibility index (Phi) is 5.58. The van der Waals surface area contributed by atoms with E-state index in [9.17, 15) is 13.2 Å². The van der Waals surface area contributed by atoms with Crippen LogP contribution in [0.4, 0.5) is 0 Å². The largest absolute Gasteiger partial charge is 0.481 e. The van der Waals surface area contributed by atoms with Gasteiger partial charge in [0.1, 0.15) is 5.75 Å². The van der Waals surface area contributed by atoms with Gasteiger partial charge in [0.05, 0.1) is 4.90 Å². The van der Waals surface area contributed by atoms with Gasteiger partial charge in [0.15, 0.2) is 6.10 Å². The van der Waals surface area contributed by atoms with E-state index in [1.54, 1.807) is 25.1 Å². The molecule has 0 radical (unpaired) electrons. The van der Waals surface area contributed by atoms with E-state index in [1.807, 2.05) is 25.1 Å². The van der Waals surface area contributed by atoms with Crippen LogP contribution in [0, 0.1) is 6.92 Å². The van der Waals surface area contributed by atoms with Crippen molar-refractivity contribution in [3.05, 3.63) is 59.7 Å². The fraction of sp³-hybridized carbons (Fsp3) is 0.235. The van der Waals surface area contributed by atoms with Crippen LogP contribution in [-0.2, 0) is 21.4 Å². The molecule has 1 amide bonds. The van der Waals surface area contributed by atoms with Crippen LogP contribution in [0.15, 0.2) is 53.4 Å². The van der Waals surface area contributed by atoms with Gasteiger partial charge >= 0.3 is 0 Å². The molecule has 1 atom stereocenters. The van der Waals surface area contributed by atoms with Gasteiger partial charge in [0, 0.05) is 6.54 Å². The van der Waals surface area contributed by atoms with Gasteiger partial charge in [-0.05, 0) is 49.2 Å². The smallest absolute Gasteiger partial charge is 0.261 e. The molecule has 0 spiro atoms. The third-order valence-electron chi connectivity index (χ3n) is 3.37. The summed E-state index contributed by atoms with van der Waals surface area (Å²) in [4.78, 5) is 12.1. The molecule has 24 heavy (non-hydrogen) atoms. The van der Waals surface area contributed by atoms with Crippen LogP contribution >= 0.6 is 0 Å². The molecule has 128 valence electrons. The number of rotatable bonds is 6. The van der Waals surface area contributed by atoms with Crippen molar-refractivity contribution in [2.45, 2.75) is 31.4 Å². The third-order valence-corrected chi connectivity index (χ3v) is 4.28. The van der Waals surface area contributed by atoms with Gasteiger partial charge in [-0.1, -0.05) is 24.3 Å². The van der Waals surface area contributed by atoms with Crippen molar-refractivity contribution in [2.75, 3.05) is 0 Å². The minimum atomic E-state index is -3.76. The average molecular weight is 348 g/mol. The number of carbonyl (C=O) groups is 1. The molecule has 6 nitrogen and oxygen atoms in total. The van der Waals surface area contributed by atoms with E-state index in [0.29, 0.717) is 11.3 Å². The van der Waals surface area contributed by atoms with E-state index in [2.05, 4.69) is 5.32 Å². The van der Waals surface area contributed by atoms with Crippen molar-refractivity contribution in [1.29, 1.82) is 0 Å². The summed E-state index contributed by atoms with van der Waals surface area (Å²) >= 11 is 0. The Balaban J connectivity index is 1.95. The highest BCUT2D eigenvalue weighted by Gasteiger charge is 2.15. The molecular weight excluding hydrogens is 328 g/mol. The van der Waals surface area contributed by atoms with Crippen LogP contribution in [0.1, 0.15) is 18.1 Å². The second-order valence-electron chi connectivity index (χ2n) is 5.49. The van der Waals surface area contributed by atoms with Crippen LogP contribution in [0.3, 0.4) is 0 Å². The normalized spacial score (nSPS) is 12.5. The van der Waals surface area contributed by atoms with E-state index < -0.39 is 16.1 Å². The molecule has 0 aliphatic carbocycles. The van der Waals surface area contributed by atoms with Crippen LogP contribution in [0.25, 0.3) is 0 Å². The van der Waals surface area contributed by atoms with Gasteiger partial charge in [0.2, 0.25) is 10.0 Å². The highest BCUT2D eigenvalue weighted by atomic mass is 32.2. The van der Waals surface area contributed by atoms with Crippen LogP contribution in [0.5, 0.6) is 5.75 Å². The number of hydrogen-bond donors (Lipinski definition) is 2. The van der Waals surface area contributed by atoms with Crippen molar-refractivity contribution in [1.82, 2.24) is 5.32 Å². The first kappa shape index (κ1) is 18.0. The summed E-state index contributed by atoms with van der Waals surface area (Å²) in [6.07, 6.45) is -0.673. The van der Waals surface area contributed by atoms with E-state index in [0.717, 1.165) is 5.56 Å². The monoisotopic (exact) mass is 348 g/mol. The second kappa shape index (κ2) is 7.46. The molecule has 0 aliphatic heterocycles. The zero-order chi connectivity index (χ0) is 17.7. The highest BCUT2D eigenvalue weighted by molar-refractivity contribution is 7.89. The molecule has 2 rings (SSSR count). The van der Waals surface area contributed by atoms with Crippen molar-refractivity contribution >= 4 is 15.9 Å². The number of carbonyl (C=O) groups excluding carboxylic acids is 1. The maximum Gasteiger partial charge on any atom is 0.261 e. The zero-order valence-electron chi connectivity index (χ0n) is 13.5. The lowest BCUT2D eigenvalue weighted by molar-refractivity contribution is -0.127. The van der Waals surface area contributed by atoms with Gasteiger partial charge in [0.25, 0.3) is 5.91 Å². The summed E-state index contributed by atoms with van der Waals surface area (Å²) < 4.78 is 28.3. The lowest BCUT2D eigenvalue weighted by atomic mass is 10.2. The van der Waals surface area contributed by atoms with Gasteiger partial charge in [-0.2, -0.15) is 0 Å². The van der Waals surface area contributed by atoms with Crippen LogP contribution < -0.4 is 15.2 Å². The summed E-state index contributed by atoms with van der Waals surface area (Å²) in [5.74, 6) is 0.325. The van der Waals surface area contributed by atoms with E-state index in [1.165, 1.54) is 12.1 Å². The van der Waals surface area contributed by atoms with Crippen LogP contribution in [0.2, 0.25) is 0 Å². The molecule has 0 aromatic heterocycles. The Bertz CT molecular complexity index is 834. The molecule has 7 heteroatoms. The fourth-order valence-corrected chi connectivity index (χ4v) is 2.70. The standard InChI is InChI=1S/C17H20N2O4S/c1-12-5-3-7-15(9-12)23-13(2)17(20)19-11-14-6-4-8-16(10-14)24(18,21)22/h3-10,13H,11H2,1-2H3,(H,19,20)(H2,18,21,22)/t13-/m0/s1. The maximum atomic E-state index is 12.1. The summed E-state index contributed by atoms with van der Waals surface area (Å²) in [6, 6.07) is 13.6. The van der Waals surface area contributed by atoms with Crippen molar-refractivity contribution < 1.29 is 17.9 Å². The number of nitrogens with two attached hydrogens (primary N) is 1. The molecule has 2 aromatic carbocycles. The molecule has 3 N–H and O–H groups in total. The van der Waals surface area contributed by atoms with Crippen molar-refractivity contribution in [3.8, 4) is 5.75 Å². The topological polar surface area (TPSA) is 98.5 Å². The maximum absolute atomic E-state index is 12.1. The quantitative estimate of drug-likeness (QED) is 0.830. The van der Waals surface area contributed by atoms with Gasteiger partial charge < -0.3 is 10.1 Å². The third kappa shape index (κ3) is 5.07. The number of primary sulfonamides is 1. The minimum Gasteiger partial charge on any atom is -0.481 e. The van der Waals surface area contributed by atoms with Gasteiger partial charge in [-0.25, -0.2) is 13.6 Å².